The lowest BCUT2D eigenvalue weighted by molar-refractivity contribution is -0.0840. The van der Waals surface area contributed by atoms with Crippen LogP contribution in [0.1, 0.15) is 39.2 Å². The van der Waals surface area contributed by atoms with Gasteiger partial charge in [-0.1, -0.05) is 32.9 Å². The van der Waals surface area contributed by atoms with Crippen molar-refractivity contribution < 1.29 is 9.50 Å². The summed E-state index contributed by atoms with van der Waals surface area (Å²) in [5, 5.41) is 10.9. The van der Waals surface area contributed by atoms with E-state index in [1.807, 2.05) is 20.8 Å². The molecule has 2 nitrogen and oxygen atoms in total. The molecular weight excluding hydrogens is 217 g/mol. The van der Waals surface area contributed by atoms with Gasteiger partial charge in [-0.2, -0.15) is 0 Å². The van der Waals surface area contributed by atoms with E-state index >= 15 is 0 Å². The zero-order valence-corrected chi connectivity index (χ0v) is 10.8. The second kappa shape index (κ2) is 5.15. The van der Waals surface area contributed by atoms with Gasteiger partial charge in [0.1, 0.15) is 5.82 Å². The van der Waals surface area contributed by atoms with Crippen LogP contribution in [0.25, 0.3) is 0 Å². The van der Waals surface area contributed by atoms with E-state index in [2.05, 4.69) is 0 Å². The highest BCUT2D eigenvalue weighted by Crippen LogP contribution is 2.44. The molecule has 0 spiro atoms. The Kier molecular flexibility index (Phi) is 4.28. The second-order valence-corrected chi connectivity index (χ2v) is 4.84. The summed E-state index contributed by atoms with van der Waals surface area (Å²) in [5.41, 5.74) is 4.87. The van der Waals surface area contributed by atoms with Crippen molar-refractivity contribution in [1.29, 1.82) is 0 Å². The molecule has 0 radical (unpaired) electrons. The molecule has 0 aromatic heterocycles. The number of hydrogen-bond acceptors (Lipinski definition) is 2. The van der Waals surface area contributed by atoms with Crippen LogP contribution < -0.4 is 5.73 Å². The third-order valence-electron chi connectivity index (χ3n) is 4.04. The lowest BCUT2D eigenvalue weighted by Crippen LogP contribution is -2.48. The van der Waals surface area contributed by atoms with Crippen LogP contribution in [0.3, 0.4) is 0 Å². The van der Waals surface area contributed by atoms with E-state index < -0.39 is 11.0 Å². The van der Waals surface area contributed by atoms with Crippen molar-refractivity contribution in [2.24, 2.45) is 11.1 Å². The molecule has 0 bridgehead atoms. The monoisotopic (exact) mass is 239 g/mol. The van der Waals surface area contributed by atoms with Crippen molar-refractivity contribution in [3.8, 4) is 0 Å². The SMILES string of the molecule is CCC(C)(CN)C(O)(CC)c1cccc(F)c1. The van der Waals surface area contributed by atoms with Crippen molar-refractivity contribution in [2.75, 3.05) is 6.54 Å². The van der Waals surface area contributed by atoms with E-state index in [0.29, 0.717) is 18.5 Å². The van der Waals surface area contributed by atoms with Gasteiger partial charge in [0.25, 0.3) is 0 Å². The lowest BCUT2D eigenvalue weighted by atomic mass is 9.66. The molecule has 0 amide bonds. The molecule has 2 unspecified atom stereocenters. The van der Waals surface area contributed by atoms with Gasteiger partial charge in [0.2, 0.25) is 0 Å². The average Bonchev–Trinajstić information content (AvgIpc) is 2.36. The minimum absolute atomic E-state index is 0.329. The first kappa shape index (κ1) is 14.1. The van der Waals surface area contributed by atoms with Gasteiger partial charge in [0, 0.05) is 12.0 Å². The molecule has 0 saturated carbocycles. The molecule has 17 heavy (non-hydrogen) atoms. The van der Waals surface area contributed by atoms with Gasteiger partial charge < -0.3 is 10.8 Å². The van der Waals surface area contributed by atoms with Gasteiger partial charge in [-0.25, -0.2) is 4.39 Å². The van der Waals surface area contributed by atoms with Crippen LogP contribution in [-0.2, 0) is 5.60 Å². The molecule has 0 heterocycles. The fourth-order valence-corrected chi connectivity index (χ4v) is 2.33. The number of nitrogens with two attached hydrogens (primary N) is 1. The summed E-state index contributed by atoms with van der Waals surface area (Å²) in [6.45, 7) is 6.20. The number of hydrogen-bond donors (Lipinski definition) is 2. The average molecular weight is 239 g/mol. The minimum Gasteiger partial charge on any atom is -0.385 e. The summed E-state index contributed by atoms with van der Waals surface area (Å²) >= 11 is 0. The maximum atomic E-state index is 13.3. The van der Waals surface area contributed by atoms with Crippen molar-refractivity contribution in [2.45, 2.75) is 39.2 Å². The van der Waals surface area contributed by atoms with E-state index in [1.165, 1.54) is 12.1 Å². The summed E-state index contributed by atoms with van der Waals surface area (Å²) in [5.74, 6) is -0.329. The predicted molar refractivity (Wildman–Crippen MR) is 68.0 cm³/mol. The third-order valence-corrected chi connectivity index (χ3v) is 4.04. The van der Waals surface area contributed by atoms with Crippen molar-refractivity contribution in [3.05, 3.63) is 35.6 Å². The van der Waals surface area contributed by atoms with Crippen molar-refractivity contribution >= 4 is 0 Å². The topological polar surface area (TPSA) is 46.2 Å². The highest BCUT2D eigenvalue weighted by atomic mass is 19.1. The summed E-state index contributed by atoms with van der Waals surface area (Å²) in [7, 11) is 0. The quantitative estimate of drug-likeness (QED) is 0.830. The van der Waals surface area contributed by atoms with Crippen molar-refractivity contribution in [1.82, 2.24) is 0 Å². The highest BCUT2D eigenvalue weighted by molar-refractivity contribution is 5.26. The molecule has 1 rings (SSSR count). The van der Waals surface area contributed by atoms with E-state index in [-0.39, 0.29) is 5.82 Å². The molecule has 2 atom stereocenters. The number of rotatable bonds is 5. The zero-order chi connectivity index (χ0) is 13.1. The molecule has 3 heteroatoms. The largest absolute Gasteiger partial charge is 0.385 e. The van der Waals surface area contributed by atoms with Gasteiger partial charge in [0.15, 0.2) is 0 Å². The second-order valence-electron chi connectivity index (χ2n) is 4.84. The van der Waals surface area contributed by atoms with Gasteiger partial charge in [0.05, 0.1) is 5.60 Å². The van der Waals surface area contributed by atoms with Crippen LogP contribution in [0.5, 0.6) is 0 Å². The van der Waals surface area contributed by atoms with Crippen molar-refractivity contribution in [3.63, 3.8) is 0 Å². The summed E-state index contributed by atoms with van der Waals surface area (Å²) in [4.78, 5) is 0. The zero-order valence-electron chi connectivity index (χ0n) is 10.8. The maximum Gasteiger partial charge on any atom is 0.123 e. The Morgan fingerprint density at radius 3 is 2.35 bits per heavy atom. The van der Waals surface area contributed by atoms with Crippen LogP contribution in [0.4, 0.5) is 4.39 Å². The molecule has 0 saturated heterocycles. The van der Waals surface area contributed by atoms with Crippen LogP contribution in [-0.4, -0.2) is 11.7 Å². The molecule has 0 aliphatic carbocycles. The molecule has 1 aromatic carbocycles. The van der Waals surface area contributed by atoms with E-state index in [0.717, 1.165) is 6.42 Å². The predicted octanol–water partition coefficient (Wildman–Crippen LogP) is 2.80. The number of halogens is 1. The van der Waals surface area contributed by atoms with E-state index in [1.54, 1.807) is 12.1 Å². The first-order valence-corrected chi connectivity index (χ1v) is 6.12. The van der Waals surface area contributed by atoms with Gasteiger partial charge in [-0.15, -0.1) is 0 Å². The first-order valence-electron chi connectivity index (χ1n) is 6.12. The number of benzene rings is 1. The normalized spacial score (nSPS) is 18.5. The first-order chi connectivity index (χ1) is 7.93. The molecule has 0 aliphatic rings. The van der Waals surface area contributed by atoms with Crippen LogP contribution in [0.2, 0.25) is 0 Å². The molecule has 0 fully saturated rings. The van der Waals surface area contributed by atoms with E-state index in [4.69, 9.17) is 5.73 Å². The third kappa shape index (κ3) is 2.35. The Balaban J connectivity index is 3.29. The molecule has 1 aromatic rings. The Labute approximate surface area is 103 Å². The fraction of sp³-hybridized carbons (Fsp3) is 0.571. The van der Waals surface area contributed by atoms with Gasteiger partial charge >= 0.3 is 0 Å². The van der Waals surface area contributed by atoms with Crippen LogP contribution in [0.15, 0.2) is 24.3 Å². The highest BCUT2D eigenvalue weighted by Gasteiger charge is 2.44. The lowest BCUT2D eigenvalue weighted by Gasteiger charge is -2.44. The van der Waals surface area contributed by atoms with Gasteiger partial charge in [-0.3, -0.25) is 0 Å². The standard InChI is InChI=1S/C14H22FNO/c1-4-13(3,10-16)14(17,5-2)11-7-6-8-12(15)9-11/h6-9,17H,4-5,10,16H2,1-3H3. The Morgan fingerprint density at radius 2 is 1.94 bits per heavy atom. The molecule has 96 valence electrons. The minimum atomic E-state index is -1.08. The van der Waals surface area contributed by atoms with Crippen LogP contribution >= 0.6 is 0 Å². The molecule has 3 N–H and O–H groups in total. The Hall–Kier alpha value is -0.930. The van der Waals surface area contributed by atoms with E-state index in [9.17, 15) is 9.50 Å². The van der Waals surface area contributed by atoms with Crippen LogP contribution in [0, 0.1) is 11.2 Å². The summed E-state index contributed by atoms with van der Waals surface area (Å²) in [6.07, 6.45) is 1.25. The molecule has 0 aliphatic heterocycles. The fourth-order valence-electron chi connectivity index (χ4n) is 2.33. The Morgan fingerprint density at radius 1 is 1.29 bits per heavy atom. The van der Waals surface area contributed by atoms with Gasteiger partial charge in [-0.05, 0) is 30.5 Å². The Bertz CT molecular complexity index is 376. The smallest absolute Gasteiger partial charge is 0.123 e. The summed E-state index contributed by atoms with van der Waals surface area (Å²) < 4.78 is 13.3. The maximum absolute atomic E-state index is 13.3. The number of aliphatic hydroxyl groups is 1. The summed E-state index contributed by atoms with van der Waals surface area (Å²) in [6, 6.07) is 6.16. The molecular formula is C14H22FNO.